The van der Waals surface area contributed by atoms with Crippen molar-refractivity contribution in [1.29, 1.82) is 0 Å². The number of nitrogens with zero attached hydrogens (tertiary/aromatic N) is 1. The summed E-state index contributed by atoms with van der Waals surface area (Å²) in [5.74, 6) is -2.77. The number of anilines is 1. The maximum absolute atomic E-state index is 13.4. The van der Waals surface area contributed by atoms with E-state index in [0.717, 1.165) is 5.56 Å². The molecule has 3 amide bonds. The Balaban J connectivity index is 2.02. The molecule has 0 bridgehead atoms. The van der Waals surface area contributed by atoms with Crippen LogP contribution >= 0.6 is 11.6 Å². The van der Waals surface area contributed by atoms with Gasteiger partial charge in [-0.25, -0.2) is 0 Å². The molecule has 1 aliphatic heterocycles. The zero-order valence-corrected chi connectivity index (χ0v) is 18.3. The summed E-state index contributed by atoms with van der Waals surface area (Å²) in [5, 5.41) is 15.7. The molecule has 7 nitrogen and oxygen atoms in total. The van der Waals surface area contributed by atoms with Crippen molar-refractivity contribution in [2.75, 3.05) is 19.0 Å². The van der Waals surface area contributed by atoms with Gasteiger partial charge in [-0.15, -0.1) is 0 Å². The first-order valence-electron chi connectivity index (χ1n) is 10.1. The summed E-state index contributed by atoms with van der Waals surface area (Å²) in [4.78, 5) is 40.8. The predicted octanol–water partition coefficient (Wildman–Crippen LogP) is 1.98. The lowest BCUT2D eigenvalue weighted by molar-refractivity contribution is -0.142. The van der Waals surface area contributed by atoms with Crippen molar-refractivity contribution in [1.82, 2.24) is 10.2 Å². The minimum atomic E-state index is -0.851. The number of halogens is 1. The van der Waals surface area contributed by atoms with E-state index in [1.165, 1.54) is 4.90 Å². The second-order valence-electron chi connectivity index (χ2n) is 8.13. The van der Waals surface area contributed by atoms with Crippen LogP contribution in [0.5, 0.6) is 0 Å². The molecule has 3 N–H and O–H groups in total. The van der Waals surface area contributed by atoms with E-state index < -0.39 is 29.8 Å². The number of fused-ring (bicyclic) bond motifs is 1. The fraction of sp³-hybridized carbons (Fsp3) is 0.500. The van der Waals surface area contributed by atoms with E-state index in [1.807, 2.05) is 32.1 Å². The summed E-state index contributed by atoms with van der Waals surface area (Å²) in [6, 6.07) is 3.89. The molecule has 0 saturated carbocycles. The first kappa shape index (κ1) is 22.3. The van der Waals surface area contributed by atoms with E-state index in [-0.39, 0.29) is 30.2 Å². The van der Waals surface area contributed by atoms with Gasteiger partial charge >= 0.3 is 0 Å². The number of carbonyl (C=O) groups is 3. The van der Waals surface area contributed by atoms with Crippen LogP contribution in [0.4, 0.5) is 5.69 Å². The zero-order valence-electron chi connectivity index (χ0n) is 17.6. The summed E-state index contributed by atoms with van der Waals surface area (Å²) >= 11 is 6.27. The standard InChI is InChI=1S/C22H28ClN3O4/c1-11-8-9-14-17(16(11)20(28)24-4)22(30)26(13(3)10-27)19(14)21(29)25-18-12(2)6-5-7-15(18)23/h5-9,11,13-14,16-17,19,27H,10H2,1-4H3,(H,24,28)(H,25,29)/t11-,13-,14+,16-,17+,19+/m1/s1. The van der Waals surface area contributed by atoms with Crippen molar-refractivity contribution in [3.63, 3.8) is 0 Å². The number of aliphatic hydroxyl groups excluding tert-OH is 1. The van der Waals surface area contributed by atoms with Crippen LogP contribution in [0.3, 0.4) is 0 Å². The number of carbonyl (C=O) groups excluding carboxylic acids is 3. The normalized spacial score (nSPS) is 28.8. The Morgan fingerprint density at radius 3 is 2.57 bits per heavy atom. The number of hydrogen-bond acceptors (Lipinski definition) is 4. The molecule has 1 aromatic carbocycles. The molecule has 1 heterocycles. The number of amides is 3. The highest BCUT2D eigenvalue weighted by molar-refractivity contribution is 6.34. The lowest BCUT2D eigenvalue weighted by atomic mass is 9.70. The van der Waals surface area contributed by atoms with E-state index >= 15 is 0 Å². The fourth-order valence-corrected chi connectivity index (χ4v) is 4.93. The van der Waals surface area contributed by atoms with Crippen molar-refractivity contribution in [2.45, 2.75) is 32.9 Å². The molecule has 0 aromatic heterocycles. The minimum absolute atomic E-state index is 0.144. The third kappa shape index (κ3) is 3.72. The number of aryl methyl sites for hydroxylation is 1. The van der Waals surface area contributed by atoms with Crippen molar-refractivity contribution < 1.29 is 19.5 Å². The number of nitrogens with one attached hydrogen (secondary N) is 2. The van der Waals surface area contributed by atoms with Crippen LogP contribution in [0.15, 0.2) is 30.4 Å². The van der Waals surface area contributed by atoms with Crippen LogP contribution in [0.25, 0.3) is 0 Å². The lowest BCUT2D eigenvalue weighted by Gasteiger charge is -2.32. The highest BCUT2D eigenvalue weighted by atomic mass is 35.5. The molecule has 1 aromatic rings. The number of likely N-dealkylation sites (tertiary alicyclic amines) is 1. The van der Waals surface area contributed by atoms with Gasteiger partial charge in [-0.1, -0.05) is 42.8 Å². The average molecular weight is 434 g/mol. The SMILES string of the molecule is CNC(=O)[C@H]1[C@H]2C(=O)N([C@H](C)CO)[C@H](C(=O)Nc3c(C)cccc3Cl)[C@H]2C=C[C@H]1C. The van der Waals surface area contributed by atoms with Gasteiger partial charge in [0.25, 0.3) is 0 Å². The summed E-state index contributed by atoms with van der Waals surface area (Å²) in [5.41, 5.74) is 1.29. The molecule has 162 valence electrons. The van der Waals surface area contributed by atoms with Gasteiger partial charge in [0, 0.05) is 13.0 Å². The average Bonchev–Trinajstić information content (AvgIpc) is 3.02. The number of aliphatic hydroxyl groups is 1. The summed E-state index contributed by atoms with van der Waals surface area (Å²) in [6.45, 7) is 5.13. The van der Waals surface area contributed by atoms with Gasteiger partial charge in [0.05, 0.1) is 35.2 Å². The number of rotatable bonds is 5. The third-order valence-electron chi connectivity index (χ3n) is 6.24. The van der Waals surface area contributed by atoms with Gasteiger partial charge in [0.1, 0.15) is 6.04 Å². The highest BCUT2D eigenvalue weighted by Gasteiger charge is 2.57. The molecule has 1 saturated heterocycles. The van der Waals surface area contributed by atoms with Crippen LogP contribution in [0, 0.1) is 30.6 Å². The van der Waals surface area contributed by atoms with Crippen molar-refractivity contribution in [3.8, 4) is 0 Å². The smallest absolute Gasteiger partial charge is 0.247 e. The summed E-state index contributed by atoms with van der Waals surface area (Å²) < 4.78 is 0. The maximum Gasteiger partial charge on any atom is 0.247 e. The van der Waals surface area contributed by atoms with Crippen LogP contribution in [0.2, 0.25) is 5.02 Å². The summed E-state index contributed by atoms with van der Waals surface area (Å²) in [6.07, 6.45) is 3.75. The molecule has 1 aliphatic carbocycles. The number of para-hydroxylation sites is 1. The Morgan fingerprint density at radius 2 is 1.97 bits per heavy atom. The zero-order chi connectivity index (χ0) is 22.2. The third-order valence-corrected chi connectivity index (χ3v) is 6.55. The van der Waals surface area contributed by atoms with Crippen molar-refractivity contribution >= 4 is 35.0 Å². The Kier molecular flexibility index (Phi) is 6.53. The molecule has 0 unspecified atom stereocenters. The van der Waals surface area contributed by atoms with E-state index in [1.54, 1.807) is 26.1 Å². The molecule has 6 atom stereocenters. The number of hydrogen-bond donors (Lipinski definition) is 3. The number of allylic oxidation sites excluding steroid dienone is 1. The first-order chi connectivity index (χ1) is 14.2. The second-order valence-corrected chi connectivity index (χ2v) is 8.54. The van der Waals surface area contributed by atoms with Gasteiger partial charge in [0.2, 0.25) is 17.7 Å². The van der Waals surface area contributed by atoms with Gasteiger partial charge < -0.3 is 20.6 Å². The molecular weight excluding hydrogens is 406 g/mol. The topological polar surface area (TPSA) is 98.7 Å². The Bertz CT molecular complexity index is 867. The quantitative estimate of drug-likeness (QED) is 0.618. The van der Waals surface area contributed by atoms with E-state index in [2.05, 4.69) is 10.6 Å². The molecule has 2 aliphatic rings. The highest BCUT2D eigenvalue weighted by Crippen LogP contribution is 2.45. The van der Waals surface area contributed by atoms with E-state index in [0.29, 0.717) is 10.7 Å². The molecule has 0 spiro atoms. The van der Waals surface area contributed by atoms with Crippen LogP contribution in [-0.2, 0) is 14.4 Å². The molecule has 8 heteroatoms. The second kappa shape index (κ2) is 8.78. The van der Waals surface area contributed by atoms with Gasteiger partial charge in [-0.2, -0.15) is 0 Å². The van der Waals surface area contributed by atoms with E-state index in [4.69, 9.17) is 11.6 Å². The van der Waals surface area contributed by atoms with Crippen molar-refractivity contribution in [2.24, 2.45) is 23.7 Å². The first-order valence-corrected chi connectivity index (χ1v) is 10.5. The molecule has 0 radical (unpaired) electrons. The van der Waals surface area contributed by atoms with E-state index in [9.17, 15) is 19.5 Å². The number of benzene rings is 1. The minimum Gasteiger partial charge on any atom is -0.394 e. The van der Waals surface area contributed by atoms with Crippen LogP contribution in [0.1, 0.15) is 19.4 Å². The van der Waals surface area contributed by atoms with Gasteiger partial charge in [-0.05, 0) is 31.4 Å². The molecule has 1 fully saturated rings. The monoisotopic (exact) mass is 433 g/mol. The van der Waals surface area contributed by atoms with Gasteiger partial charge in [-0.3, -0.25) is 14.4 Å². The summed E-state index contributed by atoms with van der Waals surface area (Å²) in [7, 11) is 1.54. The van der Waals surface area contributed by atoms with Crippen LogP contribution < -0.4 is 10.6 Å². The van der Waals surface area contributed by atoms with Gasteiger partial charge in [0.15, 0.2) is 0 Å². The Hall–Kier alpha value is -2.38. The lowest BCUT2D eigenvalue weighted by Crippen LogP contribution is -2.49. The fourth-order valence-electron chi connectivity index (χ4n) is 4.66. The largest absolute Gasteiger partial charge is 0.394 e. The van der Waals surface area contributed by atoms with Crippen molar-refractivity contribution in [3.05, 3.63) is 40.9 Å². The molecule has 3 rings (SSSR count). The molecule has 30 heavy (non-hydrogen) atoms. The molecular formula is C22H28ClN3O4. The Labute approximate surface area is 181 Å². The maximum atomic E-state index is 13.4. The predicted molar refractivity (Wildman–Crippen MR) is 115 cm³/mol. The van der Waals surface area contributed by atoms with Crippen LogP contribution in [-0.4, -0.2) is 53.5 Å². The Morgan fingerprint density at radius 1 is 1.27 bits per heavy atom.